The molecule has 66 heavy (non-hydrogen) atoms. The summed E-state index contributed by atoms with van der Waals surface area (Å²) >= 11 is 0. The maximum Gasteiger partial charge on any atom is 0.160 e. The lowest BCUT2D eigenvalue weighted by molar-refractivity contribution is 1.18. The van der Waals surface area contributed by atoms with Crippen LogP contribution < -0.4 is 0 Å². The fourth-order valence-corrected chi connectivity index (χ4v) is 8.57. The topological polar surface area (TPSA) is 51.6 Å². The monoisotopic (exact) mass is 842 g/mol. The first kappa shape index (κ1) is 40.0. The van der Waals surface area contributed by atoms with Crippen molar-refractivity contribution < 1.29 is 0 Å². The zero-order valence-electron chi connectivity index (χ0n) is 36.0. The standard InChI is InChI=1S/C62H42N4/c1-5-17-47(18-6-1)57-41-58(48-19-7-2-8-20-48)65-62(64-57)52-39-35-46(36-40-52)54-26-14-16-28-56(54)55-27-15-13-25-53(55)45-33-29-43(30-34-45)44-31-37-50(38-32-44)60-42-59(49-21-9-3-10-22-49)63-61(66-60)51-23-11-4-12-24-51/h1-42H. The van der Waals surface area contributed by atoms with E-state index < -0.39 is 0 Å². The molecule has 0 fully saturated rings. The molecule has 0 N–H and O–H groups in total. The molecule has 4 heteroatoms. The van der Waals surface area contributed by atoms with Crippen molar-refractivity contribution in [3.8, 4) is 112 Å². The summed E-state index contributed by atoms with van der Waals surface area (Å²) in [7, 11) is 0. The number of benzene rings is 9. The molecule has 0 saturated heterocycles. The molecule has 310 valence electrons. The molecule has 4 nitrogen and oxygen atoms in total. The van der Waals surface area contributed by atoms with E-state index in [1.54, 1.807) is 0 Å². The third-order valence-corrected chi connectivity index (χ3v) is 12.0. The van der Waals surface area contributed by atoms with Gasteiger partial charge in [0.15, 0.2) is 11.6 Å². The summed E-state index contributed by atoms with van der Waals surface area (Å²) in [6, 6.07) is 88.8. The molecule has 0 spiro atoms. The molecule has 11 rings (SSSR count). The van der Waals surface area contributed by atoms with Gasteiger partial charge in [0.2, 0.25) is 0 Å². The van der Waals surface area contributed by atoms with Crippen LogP contribution in [0.15, 0.2) is 255 Å². The number of rotatable bonds is 10. The maximum atomic E-state index is 5.06. The third-order valence-electron chi connectivity index (χ3n) is 12.0. The largest absolute Gasteiger partial charge is 0.228 e. The molecule has 2 aromatic heterocycles. The summed E-state index contributed by atoms with van der Waals surface area (Å²) in [5, 5.41) is 0. The van der Waals surface area contributed by atoms with Gasteiger partial charge in [0.1, 0.15) is 0 Å². The van der Waals surface area contributed by atoms with Crippen molar-refractivity contribution in [3.05, 3.63) is 255 Å². The van der Waals surface area contributed by atoms with Crippen molar-refractivity contribution >= 4 is 0 Å². The van der Waals surface area contributed by atoms with Crippen molar-refractivity contribution in [2.45, 2.75) is 0 Å². The molecule has 0 atom stereocenters. The highest BCUT2D eigenvalue weighted by Crippen LogP contribution is 2.40. The van der Waals surface area contributed by atoms with Crippen LogP contribution in [0.5, 0.6) is 0 Å². The number of hydrogen-bond donors (Lipinski definition) is 0. The van der Waals surface area contributed by atoms with E-state index in [1.165, 1.54) is 16.7 Å². The van der Waals surface area contributed by atoms with Crippen molar-refractivity contribution in [3.63, 3.8) is 0 Å². The minimum atomic E-state index is 0.695. The van der Waals surface area contributed by atoms with Crippen LogP contribution in [0, 0.1) is 0 Å². The van der Waals surface area contributed by atoms with Gasteiger partial charge in [0.05, 0.1) is 22.8 Å². The quantitative estimate of drug-likeness (QED) is 0.138. The highest BCUT2D eigenvalue weighted by atomic mass is 14.9. The fourth-order valence-electron chi connectivity index (χ4n) is 8.57. The fraction of sp³-hybridized carbons (Fsp3) is 0. The van der Waals surface area contributed by atoms with E-state index in [4.69, 9.17) is 19.9 Å². The number of aromatic nitrogens is 4. The van der Waals surface area contributed by atoms with Gasteiger partial charge in [0.25, 0.3) is 0 Å². The Balaban J connectivity index is 0.874. The lowest BCUT2D eigenvalue weighted by atomic mass is 9.89. The predicted octanol–water partition coefficient (Wildman–Crippen LogP) is 15.9. The minimum Gasteiger partial charge on any atom is -0.228 e. The van der Waals surface area contributed by atoms with Crippen molar-refractivity contribution in [2.24, 2.45) is 0 Å². The SMILES string of the molecule is c1ccc(-c2cc(-c3ccc(-c4ccc(-c5ccccc5-c5ccccc5-c5ccc(-c6nc(-c7ccccc7)cc(-c7ccccc7)n6)cc5)cc4)cc3)nc(-c3ccccc3)n2)cc1. The first-order valence-corrected chi connectivity index (χ1v) is 22.2. The Hall–Kier alpha value is -8.86. The second kappa shape index (κ2) is 18.1. The van der Waals surface area contributed by atoms with E-state index in [2.05, 4.69) is 182 Å². The zero-order valence-corrected chi connectivity index (χ0v) is 36.0. The summed E-state index contributed by atoms with van der Waals surface area (Å²) in [5.41, 5.74) is 19.0. The second-order valence-corrected chi connectivity index (χ2v) is 16.2. The van der Waals surface area contributed by atoms with Crippen LogP contribution in [0.25, 0.3) is 112 Å². The Morgan fingerprint density at radius 1 is 0.167 bits per heavy atom. The van der Waals surface area contributed by atoms with Crippen LogP contribution in [0.1, 0.15) is 0 Å². The first-order valence-electron chi connectivity index (χ1n) is 22.2. The lowest BCUT2D eigenvalue weighted by Crippen LogP contribution is -1.96. The van der Waals surface area contributed by atoms with Crippen molar-refractivity contribution in [1.82, 2.24) is 19.9 Å². The van der Waals surface area contributed by atoms with E-state index in [9.17, 15) is 0 Å². The van der Waals surface area contributed by atoms with Crippen LogP contribution in [0.2, 0.25) is 0 Å². The molecule has 2 heterocycles. The van der Waals surface area contributed by atoms with Gasteiger partial charge in [-0.3, -0.25) is 0 Å². The molecule has 0 aliphatic heterocycles. The summed E-state index contributed by atoms with van der Waals surface area (Å²) < 4.78 is 0. The van der Waals surface area contributed by atoms with Gasteiger partial charge in [-0.15, -0.1) is 0 Å². The molecule has 11 aromatic rings. The molecule has 9 aromatic carbocycles. The van der Waals surface area contributed by atoms with E-state index in [1.807, 2.05) is 72.8 Å². The lowest BCUT2D eigenvalue weighted by Gasteiger charge is -2.15. The average molecular weight is 843 g/mol. The van der Waals surface area contributed by atoms with Crippen LogP contribution in [0.4, 0.5) is 0 Å². The van der Waals surface area contributed by atoms with E-state index in [-0.39, 0.29) is 0 Å². The van der Waals surface area contributed by atoms with Gasteiger partial charge in [-0.25, -0.2) is 19.9 Å². The summed E-state index contributed by atoms with van der Waals surface area (Å²) in [6.07, 6.45) is 0. The Morgan fingerprint density at radius 2 is 0.394 bits per heavy atom. The van der Waals surface area contributed by atoms with Crippen LogP contribution >= 0.6 is 0 Å². The smallest absolute Gasteiger partial charge is 0.160 e. The predicted molar refractivity (Wildman–Crippen MR) is 272 cm³/mol. The summed E-state index contributed by atoms with van der Waals surface area (Å²) in [4.78, 5) is 20.1. The summed E-state index contributed by atoms with van der Waals surface area (Å²) in [6.45, 7) is 0. The van der Waals surface area contributed by atoms with Gasteiger partial charge >= 0.3 is 0 Å². The molecule has 0 bridgehead atoms. The zero-order chi connectivity index (χ0) is 44.1. The molecule has 0 aliphatic carbocycles. The third kappa shape index (κ3) is 8.35. The molecule has 0 radical (unpaired) electrons. The highest BCUT2D eigenvalue weighted by Gasteiger charge is 2.16. The van der Waals surface area contributed by atoms with E-state index in [0.717, 1.165) is 84.0 Å². The highest BCUT2D eigenvalue weighted by molar-refractivity contribution is 5.92. The minimum absolute atomic E-state index is 0.695. The Bertz CT molecular complexity index is 3290. The molecule has 0 saturated carbocycles. The van der Waals surface area contributed by atoms with Crippen LogP contribution in [0.3, 0.4) is 0 Å². The summed E-state index contributed by atoms with van der Waals surface area (Å²) in [5.74, 6) is 1.40. The average Bonchev–Trinajstić information content (AvgIpc) is 3.42. The van der Waals surface area contributed by atoms with Crippen LogP contribution in [-0.2, 0) is 0 Å². The van der Waals surface area contributed by atoms with Gasteiger partial charge in [-0.05, 0) is 56.6 Å². The normalized spacial score (nSPS) is 11.0. The molecule has 0 amide bonds. The van der Waals surface area contributed by atoms with Gasteiger partial charge in [0, 0.05) is 33.4 Å². The van der Waals surface area contributed by atoms with Crippen molar-refractivity contribution in [1.29, 1.82) is 0 Å². The second-order valence-electron chi connectivity index (χ2n) is 16.2. The Labute approximate surface area is 385 Å². The van der Waals surface area contributed by atoms with E-state index >= 15 is 0 Å². The molecule has 0 aliphatic rings. The molecular weight excluding hydrogens is 801 g/mol. The van der Waals surface area contributed by atoms with Gasteiger partial charge in [-0.1, -0.05) is 243 Å². The number of hydrogen-bond acceptors (Lipinski definition) is 4. The maximum absolute atomic E-state index is 5.06. The number of nitrogens with zero attached hydrogens (tertiary/aromatic N) is 4. The Kier molecular flexibility index (Phi) is 10.9. The Morgan fingerprint density at radius 3 is 0.742 bits per heavy atom. The van der Waals surface area contributed by atoms with Gasteiger partial charge in [-0.2, -0.15) is 0 Å². The van der Waals surface area contributed by atoms with Gasteiger partial charge < -0.3 is 0 Å². The molecular formula is C62H42N4. The van der Waals surface area contributed by atoms with Crippen LogP contribution in [-0.4, -0.2) is 19.9 Å². The van der Waals surface area contributed by atoms with Crippen molar-refractivity contribution in [2.75, 3.05) is 0 Å². The molecule has 0 unspecified atom stereocenters. The van der Waals surface area contributed by atoms with E-state index in [0.29, 0.717) is 11.6 Å². The first-order chi connectivity index (χ1) is 32.7.